The first-order valence-electron chi connectivity index (χ1n) is 4.36. The van der Waals surface area contributed by atoms with E-state index in [1.165, 1.54) is 0 Å². The van der Waals surface area contributed by atoms with Crippen LogP contribution in [0.2, 0.25) is 0 Å². The van der Waals surface area contributed by atoms with Gasteiger partial charge < -0.3 is 5.32 Å². The lowest BCUT2D eigenvalue weighted by Gasteiger charge is -2.20. The maximum atomic E-state index is 11.4. The highest BCUT2D eigenvalue weighted by Crippen LogP contribution is 2.02. The normalized spacial score (nSPS) is 12.9. The van der Waals surface area contributed by atoms with Crippen molar-refractivity contribution in [3.8, 4) is 0 Å². The Labute approximate surface area is 75.0 Å². The summed E-state index contributed by atoms with van der Waals surface area (Å²) in [5.74, 6) is 0.0318. The maximum Gasteiger partial charge on any atom is 0.246 e. The van der Waals surface area contributed by atoms with Gasteiger partial charge in [0.1, 0.15) is 0 Å². The smallest absolute Gasteiger partial charge is 0.246 e. The van der Waals surface area contributed by atoms with E-state index in [9.17, 15) is 4.79 Å². The Balaban J connectivity index is 4.15. The molecular weight excluding hydrogens is 150 g/mol. The van der Waals surface area contributed by atoms with Gasteiger partial charge in [-0.1, -0.05) is 13.0 Å². The molecule has 1 N–H and O–H groups in total. The summed E-state index contributed by atoms with van der Waals surface area (Å²) in [5.41, 5.74) is 0.660. The molecule has 0 spiro atoms. The topological polar surface area (TPSA) is 29.1 Å². The van der Waals surface area contributed by atoms with Crippen LogP contribution in [0.1, 0.15) is 41.0 Å². The molecule has 0 aromatic carbocycles. The summed E-state index contributed by atoms with van der Waals surface area (Å²) in [6.07, 6.45) is 2.84. The molecule has 0 aromatic heterocycles. The Hall–Kier alpha value is -0.790. The summed E-state index contributed by atoms with van der Waals surface area (Å²) in [5, 5.41) is 2.90. The highest BCUT2D eigenvalue weighted by atomic mass is 16.1. The molecular formula is C10H19NO. The minimum absolute atomic E-state index is 0.0318. The fourth-order valence-electron chi connectivity index (χ4n) is 0.838. The van der Waals surface area contributed by atoms with E-state index in [-0.39, 0.29) is 11.4 Å². The van der Waals surface area contributed by atoms with Crippen LogP contribution in [-0.2, 0) is 4.79 Å². The molecule has 2 heteroatoms. The SMILES string of the molecule is CC/C=C(\C)C(=O)NC(C)(C)C. The largest absolute Gasteiger partial charge is 0.348 e. The predicted octanol–water partition coefficient (Wildman–Crippen LogP) is 2.26. The molecule has 0 aliphatic carbocycles. The molecule has 1 amide bonds. The Morgan fingerprint density at radius 1 is 1.42 bits per heavy atom. The second-order valence-corrected chi connectivity index (χ2v) is 4.00. The summed E-state index contributed by atoms with van der Waals surface area (Å²) >= 11 is 0. The molecule has 2 nitrogen and oxygen atoms in total. The van der Waals surface area contributed by atoms with Gasteiger partial charge in [0.2, 0.25) is 5.91 Å². The van der Waals surface area contributed by atoms with Gasteiger partial charge >= 0.3 is 0 Å². The Morgan fingerprint density at radius 3 is 2.25 bits per heavy atom. The average molecular weight is 169 g/mol. The summed E-state index contributed by atoms with van der Waals surface area (Å²) in [7, 11) is 0. The molecule has 0 aliphatic heterocycles. The highest BCUT2D eigenvalue weighted by molar-refractivity contribution is 5.93. The van der Waals surface area contributed by atoms with Gasteiger partial charge in [-0.25, -0.2) is 0 Å². The molecule has 12 heavy (non-hydrogen) atoms. The van der Waals surface area contributed by atoms with E-state index in [2.05, 4.69) is 5.32 Å². The Morgan fingerprint density at radius 2 is 1.92 bits per heavy atom. The van der Waals surface area contributed by atoms with Crippen LogP contribution in [0, 0.1) is 0 Å². The van der Waals surface area contributed by atoms with Crippen LogP contribution >= 0.6 is 0 Å². The van der Waals surface area contributed by atoms with Crippen LogP contribution < -0.4 is 5.32 Å². The third-order valence-corrected chi connectivity index (χ3v) is 1.36. The van der Waals surface area contributed by atoms with E-state index in [0.717, 1.165) is 12.0 Å². The second-order valence-electron chi connectivity index (χ2n) is 4.00. The van der Waals surface area contributed by atoms with Gasteiger partial charge in [-0.05, 0) is 34.1 Å². The lowest BCUT2D eigenvalue weighted by molar-refractivity contribution is -0.118. The first-order valence-corrected chi connectivity index (χ1v) is 4.36. The molecule has 0 radical (unpaired) electrons. The molecule has 0 saturated carbocycles. The molecule has 0 aromatic rings. The lowest BCUT2D eigenvalue weighted by Crippen LogP contribution is -2.40. The molecule has 0 rings (SSSR count). The molecule has 0 fully saturated rings. The van der Waals surface area contributed by atoms with E-state index in [1.54, 1.807) is 0 Å². The zero-order valence-electron chi connectivity index (χ0n) is 8.69. The van der Waals surface area contributed by atoms with Crippen molar-refractivity contribution in [2.24, 2.45) is 0 Å². The van der Waals surface area contributed by atoms with E-state index in [0.29, 0.717) is 0 Å². The van der Waals surface area contributed by atoms with Gasteiger partial charge in [0.15, 0.2) is 0 Å². The Kier molecular flexibility index (Phi) is 4.01. The summed E-state index contributed by atoms with van der Waals surface area (Å²) in [6.45, 7) is 9.79. The van der Waals surface area contributed by atoms with Crippen molar-refractivity contribution in [3.63, 3.8) is 0 Å². The van der Waals surface area contributed by atoms with Crippen molar-refractivity contribution < 1.29 is 4.79 Å². The number of hydrogen-bond donors (Lipinski definition) is 1. The van der Waals surface area contributed by atoms with Crippen molar-refractivity contribution in [1.82, 2.24) is 5.32 Å². The lowest BCUT2D eigenvalue weighted by atomic mass is 10.1. The van der Waals surface area contributed by atoms with Crippen LogP contribution in [0.25, 0.3) is 0 Å². The summed E-state index contributed by atoms with van der Waals surface area (Å²) < 4.78 is 0. The number of carbonyl (C=O) groups is 1. The third kappa shape index (κ3) is 4.94. The van der Waals surface area contributed by atoms with Crippen molar-refractivity contribution in [3.05, 3.63) is 11.6 Å². The molecule has 0 heterocycles. The van der Waals surface area contributed by atoms with Crippen molar-refractivity contribution >= 4 is 5.91 Å². The Bertz CT molecular complexity index is 187. The fourth-order valence-corrected chi connectivity index (χ4v) is 0.838. The standard InChI is InChI=1S/C10H19NO/c1-6-7-8(2)9(12)11-10(3,4)5/h7H,6H2,1-5H3,(H,11,12)/b8-7+. The number of rotatable bonds is 2. The predicted molar refractivity (Wildman–Crippen MR) is 51.9 cm³/mol. The zero-order valence-corrected chi connectivity index (χ0v) is 8.69. The molecule has 0 unspecified atom stereocenters. The quantitative estimate of drug-likeness (QED) is 0.631. The molecule has 70 valence electrons. The second kappa shape index (κ2) is 4.29. The maximum absolute atomic E-state index is 11.4. The third-order valence-electron chi connectivity index (χ3n) is 1.36. The van der Waals surface area contributed by atoms with Crippen molar-refractivity contribution in [1.29, 1.82) is 0 Å². The molecule has 0 saturated heterocycles. The average Bonchev–Trinajstić information content (AvgIpc) is 1.84. The van der Waals surface area contributed by atoms with E-state index >= 15 is 0 Å². The van der Waals surface area contributed by atoms with Gasteiger partial charge in [0.05, 0.1) is 0 Å². The van der Waals surface area contributed by atoms with Crippen molar-refractivity contribution in [2.75, 3.05) is 0 Å². The zero-order chi connectivity index (χ0) is 9.78. The molecule has 0 bridgehead atoms. The van der Waals surface area contributed by atoms with E-state index < -0.39 is 0 Å². The van der Waals surface area contributed by atoms with Gasteiger partial charge in [-0.15, -0.1) is 0 Å². The minimum Gasteiger partial charge on any atom is -0.348 e. The fraction of sp³-hybridized carbons (Fsp3) is 0.700. The van der Waals surface area contributed by atoms with Crippen molar-refractivity contribution in [2.45, 2.75) is 46.6 Å². The minimum atomic E-state index is -0.139. The molecule has 0 atom stereocenters. The number of nitrogens with one attached hydrogen (secondary N) is 1. The highest BCUT2D eigenvalue weighted by Gasteiger charge is 2.13. The number of carbonyl (C=O) groups excluding carboxylic acids is 1. The van der Waals surface area contributed by atoms with E-state index in [4.69, 9.17) is 0 Å². The first-order chi connectivity index (χ1) is 5.37. The van der Waals surface area contributed by atoms with Crippen LogP contribution in [0.3, 0.4) is 0 Å². The molecule has 0 aliphatic rings. The summed E-state index contributed by atoms with van der Waals surface area (Å²) in [6, 6.07) is 0. The number of amides is 1. The van der Waals surface area contributed by atoms with Gasteiger partial charge in [-0.3, -0.25) is 4.79 Å². The number of allylic oxidation sites excluding steroid dienone is 1. The summed E-state index contributed by atoms with van der Waals surface area (Å²) in [4.78, 5) is 11.4. The van der Waals surface area contributed by atoms with Crippen LogP contribution in [0.5, 0.6) is 0 Å². The van der Waals surface area contributed by atoms with Gasteiger partial charge in [0, 0.05) is 11.1 Å². The van der Waals surface area contributed by atoms with Gasteiger partial charge in [-0.2, -0.15) is 0 Å². The van der Waals surface area contributed by atoms with Crippen LogP contribution in [0.4, 0.5) is 0 Å². The first kappa shape index (κ1) is 11.2. The number of hydrogen-bond acceptors (Lipinski definition) is 1. The van der Waals surface area contributed by atoms with Crippen LogP contribution in [0.15, 0.2) is 11.6 Å². The monoisotopic (exact) mass is 169 g/mol. The van der Waals surface area contributed by atoms with Gasteiger partial charge in [0.25, 0.3) is 0 Å². The van der Waals surface area contributed by atoms with Crippen LogP contribution in [-0.4, -0.2) is 11.4 Å². The van der Waals surface area contributed by atoms with E-state index in [1.807, 2.05) is 40.7 Å².